The van der Waals surface area contributed by atoms with Gasteiger partial charge in [-0.25, -0.2) is 0 Å². The molecule has 1 unspecified atom stereocenters. The molecule has 0 radical (unpaired) electrons. The lowest BCUT2D eigenvalue weighted by Crippen LogP contribution is -2.28. The van der Waals surface area contributed by atoms with Crippen molar-refractivity contribution in [2.75, 3.05) is 6.54 Å². The summed E-state index contributed by atoms with van der Waals surface area (Å²) in [5, 5.41) is 5.79. The van der Waals surface area contributed by atoms with E-state index in [2.05, 4.69) is 36.7 Å². The molecule has 18 heavy (non-hydrogen) atoms. The molecule has 0 aliphatic carbocycles. The molecule has 1 nitrogen and oxygen atoms in total. The molecule has 1 aromatic rings. The monoisotopic (exact) mass is 267 g/mol. The van der Waals surface area contributed by atoms with E-state index in [-0.39, 0.29) is 0 Å². The van der Waals surface area contributed by atoms with Crippen LogP contribution in [0.1, 0.15) is 63.7 Å². The summed E-state index contributed by atoms with van der Waals surface area (Å²) in [5.41, 5.74) is 0. The lowest BCUT2D eigenvalue weighted by molar-refractivity contribution is 0.511. The second-order valence-corrected chi connectivity index (χ2v) is 6.29. The van der Waals surface area contributed by atoms with Crippen LogP contribution in [0.5, 0.6) is 0 Å². The van der Waals surface area contributed by atoms with E-state index in [1.807, 2.05) is 11.3 Å². The lowest BCUT2D eigenvalue weighted by Gasteiger charge is -2.12. The van der Waals surface area contributed by atoms with Crippen LogP contribution in [0.4, 0.5) is 0 Å². The molecule has 0 saturated carbocycles. The van der Waals surface area contributed by atoms with Gasteiger partial charge in [-0.2, -0.15) is 0 Å². The quantitative estimate of drug-likeness (QED) is 0.555. The van der Waals surface area contributed by atoms with E-state index < -0.39 is 0 Å². The van der Waals surface area contributed by atoms with E-state index in [4.69, 9.17) is 0 Å². The average molecular weight is 267 g/mol. The van der Waals surface area contributed by atoms with Crippen molar-refractivity contribution in [3.05, 3.63) is 22.4 Å². The lowest BCUT2D eigenvalue weighted by atomic mass is 10.1. The summed E-state index contributed by atoms with van der Waals surface area (Å²) in [6.45, 7) is 5.75. The third-order valence-electron chi connectivity index (χ3n) is 3.36. The number of hydrogen-bond acceptors (Lipinski definition) is 2. The summed E-state index contributed by atoms with van der Waals surface area (Å²) in [6, 6.07) is 4.99. The molecule has 1 rings (SSSR count). The Kier molecular flexibility index (Phi) is 9.23. The minimum atomic E-state index is 0.615. The zero-order valence-electron chi connectivity index (χ0n) is 12.1. The molecule has 2 heteroatoms. The summed E-state index contributed by atoms with van der Waals surface area (Å²) >= 11 is 1.87. The van der Waals surface area contributed by atoms with Crippen LogP contribution < -0.4 is 5.32 Å². The Hall–Kier alpha value is -0.340. The highest BCUT2D eigenvalue weighted by Crippen LogP contribution is 2.11. The SMILES string of the molecule is CCCCCCCCCNC(C)Cc1cccs1. The topological polar surface area (TPSA) is 12.0 Å². The van der Waals surface area contributed by atoms with E-state index in [0.29, 0.717) is 6.04 Å². The first-order valence-electron chi connectivity index (χ1n) is 7.58. The van der Waals surface area contributed by atoms with Gasteiger partial charge in [0, 0.05) is 10.9 Å². The molecule has 0 spiro atoms. The van der Waals surface area contributed by atoms with Crippen LogP contribution in [0.3, 0.4) is 0 Å². The van der Waals surface area contributed by atoms with Gasteiger partial charge in [-0.1, -0.05) is 51.5 Å². The van der Waals surface area contributed by atoms with Crippen LogP contribution in [0.2, 0.25) is 0 Å². The zero-order chi connectivity index (χ0) is 13.1. The Bertz CT molecular complexity index is 269. The molecule has 0 fully saturated rings. The van der Waals surface area contributed by atoms with Gasteiger partial charge in [-0.3, -0.25) is 0 Å². The van der Waals surface area contributed by atoms with Crippen molar-refractivity contribution < 1.29 is 0 Å². The van der Waals surface area contributed by atoms with Crippen molar-refractivity contribution in [1.29, 1.82) is 0 Å². The molecule has 1 heterocycles. The smallest absolute Gasteiger partial charge is 0.00870 e. The Morgan fingerprint density at radius 3 is 2.50 bits per heavy atom. The van der Waals surface area contributed by atoms with Crippen molar-refractivity contribution in [2.45, 2.75) is 71.3 Å². The Balaban J connectivity index is 1.88. The van der Waals surface area contributed by atoms with Crippen LogP contribution in [0.25, 0.3) is 0 Å². The Morgan fingerprint density at radius 1 is 1.11 bits per heavy atom. The molecule has 1 atom stereocenters. The van der Waals surface area contributed by atoms with Crippen molar-refractivity contribution in [3.8, 4) is 0 Å². The van der Waals surface area contributed by atoms with Gasteiger partial charge in [0.15, 0.2) is 0 Å². The zero-order valence-corrected chi connectivity index (χ0v) is 12.9. The number of unbranched alkanes of at least 4 members (excludes halogenated alkanes) is 6. The molecule has 1 N–H and O–H groups in total. The van der Waals surface area contributed by atoms with Crippen LogP contribution in [0.15, 0.2) is 17.5 Å². The Morgan fingerprint density at radius 2 is 1.83 bits per heavy atom. The fraction of sp³-hybridized carbons (Fsp3) is 0.750. The minimum absolute atomic E-state index is 0.615. The molecule has 0 saturated heterocycles. The highest BCUT2D eigenvalue weighted by Gasteiger charge is 2.02. The minimum Gasteiger partial charge on any atom is -0.314 e. The first kappa shape index (κ1) is 15.7. The van der Waals surface area contributed by atoms with Crippen molar-refractivity contribution in [3.63, 3.8) is 0 Å². The van der Waals surface area contributed by atoms with Crippen LogP contribution in [-0.4, -0.2) is 12.6 Å². The van der Waals surface area contributed by atoms with E-state index in [9.17, 15) is 0 Å². The maximum absolute atomic E-state index is 3.63. The third-order valence-corrected chi connectivity index (χ3v) is 4.26. The number of thiophene rings is 1. The van der Waals surface area contributed by atoms with Gasteiger partial charge in [0.2, 0.25) is 0 Å². The normalized spacial score (nSPS) is 12.8. The summed E-state index contributed by atoms with van der Waals surface area (Å²) in [7, 11) is 0. The highest BCUT2D eigenvalue weighted by molar-refractivity contribution is 7.09. The molecular formula is C16H29NS. The molecule has 1 aromatic heterocycles. The fourth-order valence-corrected chi connectivity index (χ4v) is 3.07. The van der Waals surface area contributed by atoms with Crippen LogP contribution in [0, 0.1) is 0 Å². The standard InChI is InChI=1S/C16H29NS/c1-3-4-5-6-7-8-9-12-17-15(2)14-16-11-10-13-18-16/h10-11,13,15,17H,3-9,12,14H2,1-2H3. The largest absolute Gasteiger partial charge is 0.314 e. The first-order valence-corrected chi connectivity index (χ1v) is 8.46. The number of rotatable bonds is 11. The van der Waals surface area contributed by atoms with Gasteiger partial charge in [0.05, 0.1) is 0 Å². The highest BCUT2D eigenvalue weighted by atomic mass is 32.1. The predicted octanol–water partition coefficient (Wildman–Crippen LogP) is 5.02. The second-order valence-electron chi connectivity index (χ2n) is 5.26. The van der Waals surface area contributed by atoms with Gasteiger partial charge in [-0.05, 0) is 37.8 Å². The van der Waals surface area contributed by atoms with Crippen molar-refractivity contribution in [2.24, 2.45) is 0 Å². The first-order chi connectivity index (χ1) is 8.83. The molecular weight excluding hydrogens is 238 g/mol. The summed E-state index contributed by atoms with van der Waals surface area (Å²) in [5.74, 6) is 0. The average Bonchev–Trinajstić information content (AvgIpc) is 2.85. The summed E-state index contributed by atoms with van der Waals surface area (Å²) in [4.78, 5) is 1.49. The van der Waals surface area contributed by atoms with Crippen molar-refractivity contribution in [1.82, 2.24) is 5.32 Å². The molecule has 0 amide bonds. The van der Waals surface area contributed by atoms with E-state index in [0.717, 1.165) is 0 Å². The van der Waals surface area contributed by atoms with Crippen LogP contribution >= 0.6 is 11.3 Å². The maximum Gasteiger partial charge on any atom is 0.00870 e. The van der Waals surface area contributed by atoms with Gasteiger partial charge >= 0.3 is 0 Å². The summed E-state index contributed by atoms with van der Waals surface area (Å²) in [6.07, 6.45) is 10.9. The third kappa shape index (κ3) is 7.88. The van der Waals surface area contributed by atoms with E-state index in [1.54, 1.807) is 0 Å². The van der Waals surface area contributed by atoms with E-state index >= 15 is 0 Å². The molecule has 0 aliphatic heterocycles. The van der Waals surface area contributed by atoms with Gasteiger partial charge < -0.3 is 5.32 Å². The maximum atomic E-state index is 3.63. The van der Waals surface area contributed by atoms with Crippen LogP contribution in [-0.2, 0) is 6.42 Å². The number of nitrogens with one attached hydrogen (secondary N) is 1. The Labute approximate surface area is 117 Å². The van der Waals surface area contributed by atoms with Crippen molar-refractivity contribution >= 4 is 11.3 Å². The fourth-order valence-electron chi connectivity index (χ4n) is 2.23. The van der Waals surface area contributed by atoms with Gasteiger partial charge in [0.25, 0.3) is 0 Å². The van der Waals surface area contributed by atoms with Gasteiger partial charge in [-0.15, -0.1) is 11.3 Å². The predicted molar refractivity (Wildman–Crippen MR) is 83.5 cm³/mol. The second kappa shape index (κ2) is 10.6. The molecule has 0 aromatic carbocycles. The summed E-state index contributed by atoms with van der Waals surface area (Å²) < 4.78 is 0. The van der Waals surface area contributed by atoms with Gasteiger partial charge in [0.1, 0.15) is 0 Å². The van der Waals surface area contributed by atoms with E-state index in [1.165, 1.54) is 62.8 Å². The molecule has 0 aliphatic rings. The molecule has 0 bridgehead atoms. The number of hydrogen-bond donors (Lipinski definition) is 1. The molecule has 104 valence electrons.